The number of hydrazine groups is 1. The molecular formula is C27H38FN5O2. The van der Waals surface area contributed by atoms with Gasteiger partial charge in [0.05, 0.1) is 24.0 Å². The summed E-state index contributed by atoms with van der Waals surface area (Å²) in [5.41, 5.74) is 10.9. The molecule has 5 rings (SSSR count). The van der Waals surface area contributed by atoms with E-state index in [0.717, 1.165) is 68.0 Å². The average Bonchev–Trinajstić information content (AvgIpc) is 3.52. The molecule has 2 aliphatic heterocycles. The zero-order valence-corrected chi connectivity index (χ0v) is 20.7. The highest BCUT2D eigenvalue weighted by Crippen LogP contribution is 2.45. The Bertz CT molecular complexity index is 1060. The number of aromatic amines is 1. The quantitative estimate of drug-likeness (QED) is 0.414. The Morgan fingerprint density at radius 2 is 2.11 bits per heavy atom. The van der Waals surface area contributed by atoms with Crippen molar-refractivity contribution in [2.75, 3.05) is 26.2 Å². The number of fused-ring (bicyclic) bond motifs is 1. The highest BCUT2D eigenvalue weighted by Gasteiger charge is 2.48. The Labute approximate surface area is 206 Å². The fourth-order valence-corrected chi connectivity index (χ4v) is 6.22. The van der Waals surface area contributed by atoms with Gasteiger partial charge in [0.2, 0.25) is 0 Å². The number of benzene rings is 1. The average molecular weight is 484 g/mol. The first-order valence-corrected chi connectivity index (χ1v) is 13.0. The molecule has 3 heterocycles. The summed E-state index contributed by atoms with van der Waals surface area (Å²) in [5, 5.41) is 19.3. The number of nitrogens with one attached hydrogen (secondary N) is 3. The van der Waals surface area contributed by atoms with E-state index < -0.39 is 6.17 Å². The van der Waals surface area contributed by atoms with Crippen molar-refractivity contribution >= 4 is 5.57 Å². The second-order valence-corrected chi connectivity index (χ2v) is 10.5. The second kappa shape index (κ2) is 10.4. The number of aryl methyl sites for hydroxylation is 1. The molecule has 3 aliphatic rings. The number of halogens is 1. The maximum atomic E-state index is 15.8. The van der Waals surface area contributed by atoms with Crippen molar-refractivity contribution < 1.29 is 14.6 Å². The number of aromatic nitrogens is 2. The molecule has 1 aromatic carbocycles. The van der Waals surface area contributed by atoms with Crippen molar-refractivity contribution in [3.05, 3.63) is 53.1 Å². The van der Waals surface area contributed by atoms with Crippen molar-refractivity contribution in [1.29, 1.82) is 0 Å². The maximum absolute atomic E-state index is 15.8. The van der Waals surface area contributed by atoms with Crippen LogP contribution in [0.25, 0.3) is 5.57 Å². The Kier molecular flexibility index (Phi) is 7.25. The van der Waals surface area contributed by atoms with Gasteiger partial charge in [-0.25, -0.2) is 14.8 Å². The van der Waals surface area contributed by atoms with E-state index in [2.05, 4.69) is 33.7 Å². The number of phenolic OH excluding ortho intramolecular Hbond substituents is 1. The van der Waals surface area contributed by atoms with E-state index >= 15 is 4.39 Å². The van der Waals surface area contributed by atoms with Gasteiger partial charge >= 0.3 is 0 Å². The Balaban J connectivity index is 1.28. The van der Waals surface area contributed by atoms with Crippen LogP contribution in [0, 0.1) is 11.8 Å². The first kappa shape index (κ1) is 24.4. The molecule has 6 atom stereocenters. The van der Waals surface area contributed by atoms with Crippen LogP contribution in [-0.2, 0) is 6.42 Å². The maximum Gasteiger partial charge on any atom is 0.125 e. The van der Waals surface area contributed by atoms with E-state index in [9.17, 15) is 10.2 Å². The highest BCUT2D eigenvalue weighted by molar-refractivity contribution is 5.64. The van der Waals surface area contributed by atoms with E-state index in [1.54, 1.807) is 12.1 Å². The minimum Gasteiger partial charge on any atom is -0.508 e. The lowest BCUT2D eigenvalue weighted by Gasteiger charge is -2.36. The van der Waals surface area contributed by atoms with Crippen LogP contribution in [0.1, 0.15) is 67.7 Å². The molecule has 1 saturated heterocycles. The Morgan fingerprint density at radius 3 is 2.91 bits per heavy atom. The molecule has 0 bridgehead atoms. The third kappa shape index (κ3) is 4.89. The lowest BCUT2D eigenvalue weighted by Crippen LogP contribution is -2.45. The zero-order valence-electron chi connectivity index (χ0n) is 20.7. The third-order valence-corrected chi connectivity index (χ3v) is 8.09. The molecule has 5 unspecified atom stereocenters. The van der Waals surface area contributed by atoms with Crippen LogP contribution in [-0.4, -0.2) is 63.5 Å². The number of alkyl halides is 1. The predicted molar refractivity (Wildman–Crippen MR) is 135 cm³/mol. The number of rotatable bonds is 7. The minimum absolute atomic E-state index is 0.0619. The summed E-state index contributed by atoms with van der Waals surface area (Å²) in [5.74, 6) is 1.29. The molecule has 0 amide bonds. The van der Waals surface area contributed by atoms with Gasteiger partial charge in [0, 0.05) is 38.1 Å². The fourth-order valence-electron chi connectivity index (χ4n) is 6.22. The van der Waals surface area contributed by atoms with Crippen LogP contribution >= 0.6 is 0 Å². The van der Waals surface area contributed by atoms with Crippen molar-refractivity contribution in [1.82, 2.24) is 25.7 Å². The number of hydrogen-bond acceptors (Lipinski definition) is 6. The van der Waals surface area contributed by atoms with Gasteiger partial charge < -0.3 is 15.2 Å². The van der Waals surface area contributed by atoms with E-state index in [1.807, 2.05) is 19.2 Å². The van der Waals surface area contributed by atoms with Gasteiger partial charge in [0.1, 0.15) is 17.7 Å². The number of phenols is 1. The first-order valence-electron chi connectivity index (χ1n) is 13.0. The molecule has 35 heavy (non-hydrogen) atoms. The number of nitrogens with zero attached hydrogens (tertiary/aromatic N) is 2. The van der Waals surface area contributed by atoms with E-state index in [0.29, 0.717) is 0 Å². The Hall–Kier alpha value is -2.26. The lowest BCUT2D eigenvalue weighted by atomic mass is 9.71. The number of imidazole rings is 1. The second-order valence-electron chi connectivity index (χ2n) is 10.5. The molecule has 2 aromatic rings. The summed E-state index contributed by atoms with van der Waals surface area (Å²) in [6.45, 7) is 7.05. The smallest absolute Gasteiger partial charge is 0.125 e. The molecule has 0 spiro atoms. The fraction of sp³-hybridized carbons (Fsp3) is 0.593. The lowest BCUT2D eigenvalue weighted by molar-refractivity contribution is 0.135. The van der Waals surface area contributed by atoms with E-state index in [1.165, 1.54) is 5.57 Å². The van der Waals surface area contributed by atoms with Gasteiger partial charge in [-0.1, -0.05) is 26.0 Å². The third-order valence-electron chi connectivity index (χ3n) is 8.09. The summed E-state index contributed by atoms with van der Waals surface area (Å²) in [7, 11) is 0. The summed E-state index contributed by atoms with van der Waals surface area (Å²) < 4.78 is 15.8. The van der Waals surface area contributed by atoms with Crippen molar-refractivity contribution in [2.24, 2.45) is 11.8 Å². The van der Waals surface area contributed by atoms with Crippen molar-refractivity contribution in [3.63, 3.8) is 0 Å². The molecule has 5 N–H and O–H groups in total. The van der Waals surface area contributed by atoms with Crippen LogP contribution in [0.4, 0.5) is 4.39 Å². The number of hydrogen-bond donors (Lipinski definition) is 5. The number of aromatic hydroxyl groups is 1. The molecule has 1 saturated carbocycles. The van der Waals surface area contributed by atoms with Gasteiger partial charge in [-0.3, -0.25) is 10.3 Å². The minimum atomic E-state index is -1.02. The summed E-state index contributed by atoms with van der Waals surface area (Å²) >= 11 is 0. The van der Waals surface area contributed by atoms with Crippen LogP contribution in [0.2, 0.25) is 0 Å². The molecule has 190 valence electrons. The topological polar surface area (TPSA) is 96.4 Å². The molecule has 8 heteroatoms. The standard InChI is InChI=1S/C27H38FN5O2/c1-3-17-11-19(35)6-7-20(17)21-8-9-22-25(24(21)28)31-32-26(22)27-29-12-23(30-27)18-5-4-10-33(14-18)13-16(2)15-34/h5-7,11-12,16,21-22,24-26,31-32,34-35H,3-4,8-10,13-15H2,1-2H3,(H,29,30)/t16-,21?,22?,24?,25?,26?/m0/s1. The van der Waals surface area contributed by atoms with Crippen LogP contribution in [0.5, 0.6) is 5.75 Å². The zero-order chi connectivity index (χ0) is 24.5. The summed E-state index contributed by atoms with van der Waals surface area (Å²) in [6.07, 6.45) is 6.59. The molecule has 2 fully saturated rings. The van der Waals surface area contributed by atoms with Gasteiger partial charge in [0.15, 0.2) is 0 Å². The molecular weight excluding hydrogens is 445 g/mol. The SMILES string of the molecule is CCc1cc(O)ccc1C1CCC2C(c3ncc(C4=CCCN(C[C@H](C)CO)C4)[nH]3)NNC2C1F. The predicted octanol–water partition coefficient (Wildman–Crippen LogP) is 3.44. The summed E-state index contributed by atoms with van der Waals surface area (Å²) in [4.78, 5) is 10.6. The highest BCUT2D eigenvalue weighted by atomic mass is 19.1. The first-order chi connectivity index (χ1) is 17.0. The molecule has 7 nitrogen and oxygen atoms in total. The molecule has 1 aliphatic carbocycles. The van der Waals surface area contributed by atoms with Gasteiger partial charge in [-0.05, 0) is 60.4 Å². The molecule has 1 aromatic heterocycles. The van der Waals surface area contributed by atoms with Gasteiger partial charge in [-0.15, -0.1) is 0 Å². The normalized spacial score (nSPS) is 30.2. The van der Waals surface area contributed by atoms with E-state index in [-0.39, 0.29) is 42.2 Å². The molecule has 0 radical (unpaired) electrons. The number of H-pyrrole nitrogens is 1. The van der Waals surface area contributed by atoms with Gasteiger partial charge in [0.25, 0.3) is 0 Å². The number of aliphatic hydroxyl groups excluding tert-OH is 1. The monoisotopic (exact) mass is 483 g/mol. The van der Waals surface area contributed by atoms with Crippen molar-refractivity contribution in [2.45, 2.75) is 63.7 Å². The number of aliphatic hydroxyl groups is 1. The Morgan fingerprint density at radius 1 is 1.26 bits per heavy atom. The van der Waals surface area contributed by atoms with Crippen LogP contribution in [0.15, 0.2) is 30.5 Å². The van der Waals surface area contributed by atoms with Crippen molar-refractivity contribution in [3.8, 4) is 5.75 Å². The van der Waals surface area contributed by atoms with Gasteiger partial charge in [-0.2, -0.15) is 0 Å². The summed E-state index contributed by atoms with van der Waals surface area (Å²) in [6, 6.07) is 5.00. The van der Waals surface area contributed by atoms with Crippen LogP contribution in [0.3, 0.4) is 0 Å². The van der Waals surface area contributed by atoms with Crippen LogP contribution < -0.4 is 10.9 Å². The van der Waals surface area contributed by atoms with E-state index in [4.69, 9.17) is 4.98 Å². The largest absolute Gasteiger partial charge is 0.508 e.